The van der Waals surface area contributed by atoms with Crippen LogP contribution >= 0.6 is 0 Å². The number of hydrogen-bond donors (Lipinski definition) is 2. The average Bonchev–Trinajstić information content (AvgIpc) is 3.12. The van der Waals surface area contributed by atoms with E-state index >= 15 is 0 Å². The number of nitrogens with zero attached hydrogens (tertiary/aromatic N) is 3. The van der Waals surface area contributed by atoms with Gasteiger partial charge in [-0.3, -0.25) is 9.59 Å². The van der Waals surface area contributed by atoms with Gasteiger partial charge in [-0.25, -0.2) is 4.68 Å². The summed E-state index contributed by atoms with van der Waals surface area (Å²) in [6.45, 7) is 4.25. The molecule has 1 aromatic carbocycles. The van der Waals surface area contributed by atoms with Crippen molar-refractivity contribution in [2.75, 3.05) is 6.61 Å². The Kier molecular flexibility index (Phi) is 4.20. The minimum absolute atomic E-state index is 0.148. The molecule has 1 aliphatic rings. The third-order valence-electron chi connectivity index (χ3n) is 4.05. The van der Waals surface area contributed by atoms with Crippen LogP contribution in [0.15, 0.2) is 18.3 Å². The van der Waals surface area contributed by atoms with Crippen molar-refractivity contribution in [3.63, 3.8) is 0 Å². The molecule has 2 N–H and O–H groups in total. The first-order chi connectivity index (χ1) is 11.4. The summed E-state index contributed by atoms with van der Waals surface area (Å²) in [5.74, 6) is -0.746. The van der Waals surface area contributed by atoms with Gasteiger partial charge in [-0.1, -0.05) is 11.3 Å². The van der Waals surface area contributed by atoms with Gasteiger partial charge >= 0.3 is 5.97 Å². The number of carboxylic acid groups (broad SMARTS) is 1. The Balaban J connectivity index is 1.64. The van der Waals surface area contributed by atoms with E-state index in [1.807, 2.05) is 26.0 Å². The Morgan fingerprint density at radius 3 is 2.88 bits per heavy atom. The third-order valence-corrected chi connectivity index (χ3v) is 4.05. The fourth-order valence-corrected chi connectivity index (χ4v) is 2.63. The highest BCUT2D eigenvalue weighted by atomic mass is 16.5. The Hall–Kier alpha value is -2.90. The molecule has 0 aliphatic carbocycles. The van der Waals surface area contributed by atoms with E-state index in [2.05, 4.69) is 15.6 Å². The summed E-state index contributed by atoms with van der Waals surface area (Å²) in [6.07, 6.45) is 1.50. The van der Waals surface area contributed by atoms with Gasteiger partial charge in [-0.2, -0.15) is 0 Å². The van der Waals surface area contributed by atoms with E-state index in [9.17, 15) is 9.59 Å². The summed E-state index contributed by atoms with van der Waals surface area (Å²) in [5.41, 5.74) is 3.65. The summed E-state index contributed by atoms with van der Waals surface area (Å²) in [5, 5.41) is 19.0. The molecule has 0 saturated carbocycles. The van der Waals surface area contributed by atoms with Crippen molar-refractivity contribution in [2.24, 2.45) is 0 Å². The highest BCUT2D eigenvalue weighted by Gasteiger charge is 2.30. The predicted octanol–water partition coefficient (Wildman–Crippen LogP) is 0.772. The van der Waals surface area contributed by atoms with E-state index in [-0.39, 0.29) is 24.9 Å². The van der Waals surface area contributed by atoms with Gasteiger partial charge in [-0.05, 0) is 31.0 Å². The molecule has 2 aromatic rings. The number of aryl methyl sites for hydroxylation is 2. The number of carboxylic acids is 1. The molecule has 1 aliphatic heterocycles. The first-order valence-electron chi connectivity index (χ1n) is 7.56. The maximum Gasteiger partial charge on any atom is 0.325 e. The van der Waals surface area contributed by atoms with Crippen LogP contribution in [0.4, 0.5) is 0 Å². The summed E-state index contributed by atoms with van der Waals surface area (Å²) in [6, 6.07) is 3.94. The van der Waals surface area contributed by atoms with E-state index in [0.29, 0.717) is 12.3 Å². The second-order valence-corrected chi connectivity index (χ2v) is 5.86. The van der Waals surface area contributed by atoms with Crippen LogP contribution in [-0.4, -0.2) is 38.6 Å². The quantitative estimate of drug-likeness (QED) is 0.839. The number of amides is 1. The maximum absolute atomic E-state index is 12.4. The zero-order chi connectivity index (χ0) is 17.3. The number of rotatable bonds is 5. The third kappa shape index (κ3) is 3.22. The average molecular weight is 330 g/mol. The molecule has 0 radical (unpaired) electrons. The number of carbonyl (C=O) groups is 2. The molecule has 1 unspecified atom stereocenters. The first-order valence-corrected chi connectivity index (χ1v) is 7.56. The number of hydrogen-bond acceptors (Lipinski definition) is 5. The Labute approximate surface area is 138 Å². The van der Waals surface area contributed by atoms with E-state index in [0.717, 1.165) is 22.4 Å². The van der Waals surface area contributed by atoms with Gasteiger partial charge in [0.15, 0.2) is 0 Å². The highest BCUT2D eigenvalue weighted by Crippen LogP contribution is 2.36. The lowest BCUT2D eigenvalue weighted by Gasteiger charge is -2.10. The van der Waals surface area contributed by atoms with Crippen molar-refractivity contribution in [3.05, 3.63) is 40.7 Å². The van der Waals surface area contributed by atoms with Crippen molar-refractivity contribution in [1.29, 1.82) is 0 Å². The minimum Gasteiger partial charge on any atom is -0.492 e. The molecule has 3 rings (SSSR count). The first kappa shape index (κ1) is 16.0. The molecule has 126 valence electrons. The molecular weight excluding hydrogens is 312 g/mol. The van der Waals surface area contributed by atoms with Crippen LogP contribution < -0.4 is 10.1 Å². The molecule has 24 heavy (non-hydrogen) atoms. The van der Waals surface area contributed by atoms with Crippen molar-refractivity contribution >= 4 is 11.9 Å². The second-order valence-electron chi connectivity index (χ2n) is 5.86. The number of aliphatic carboxylic acids is 1. The van der Waals surface area contributed by atoms with Gasteiger partial charge in [0.05, 0.1) is 12.7 Å². The summed E-state index contributed by atoms with van der Waals surface area (Å²) >= 11 is 0. The predicted molar refractivity (Wildman–Crippen MR) is 83.7 cm³/mol. The maximum atomic E-state index is 12.4. The zero-order valence-electron chi connectivity index (χ0n) is 13.4. The van der Waals surface area contributed by atoms with Crippen LogP contribution in [0.1, 0.15) is 28.3 Å². The summed E-state index contributed by atoms with van der Waals surface area (Å²) < 4.78 is 6.82. The lowest BCUT2D eigenvalue weighted by molar-refractivity contribution is -0.138. The fraction of sp³-hybridized carbons (Fsp3) is 0.375. The molecule has 1 aromatic heterocycles. The monoisotopic (exact) mass is 330 g/mol. The van der Waals surface area contributed by atoms with Crippen LogP contribution in [-0.2, 0) is 22.7 Å². The molecule has 0 spiro atoms. The Bertz CT molecular complexity index is 799. The number of ether oxygens (including phenoxy) is 1. The number of nitrogens with one attached hydrogen (secondary N) is 1. The van der Waals surface area contributed by atoms with E-state index in [4.69, 9.17) is 9.84 Å². The topological polar surface area (TPSA) is 106 Å². The number of benzene rings is 1. The number of aromatic nitrogens is 3. The molecule has 0 saturated heterocycles. The molecule has 0 fully saturated rings. The van der Waals surface area contributed by atoms with Gasteiger partial charge in [0.25, 0.3) is 0 Å². The van der Waals surface area contributed by atoms with Crippen molar-refractivity contribution < 1.29 is 19.4 Å². The molecule has 1 atom stereocenters. The van der Waals surface area contributed by atoms with Gasteiger partial charge in [0, 0.05) is 5.56 Å². The normalized spacial score (nSPS) is 15.7. The van der Waals surface area contributed by atoms with Crippen LogP contribution in [0.5, 0.6) is 5.75 Å². The van der Waals surface area contributed by atoms with Gasteiger partial charge in [0.1, 0.15) is 30.5 Å². The van der Waals surface area contributed by atoms with Crippen LogP contribution in [0.2, 0.25) is 0 Å². The van der Waals surface area contributed by atoms with Gasteiger partial charge in [0.2, 0.25) is 5.91 Å². The fourth-order valence-electron chi connectivity index (χ4n) is 2.63. The molecule has 2 heterocycles. The van der Waals surface area contributed by atoms with E-state index in [1.165, 1.54) is 10.9 Å². The molecular formula is C16H18N4O4. The SMILES string of the molecule is Cc1cc2c(cc1C)C(C(=O)NCc1cn(CC(=O)O)nn1)CO2. The molecule has 8 nitrogen and oxygen atoms in total. The molecule has 8 heteroatoms. The second kappa shape index (κ2) is 6.31. The van der Waals surface area contributed by atoms with Crippen molar-refractivity contribution in [2.45, 2.75) is 32.9 Å². The zero-order valence-corrected chi connectivity index (χ0v) is 13.4. The lowest BCUT2D eigenvalue weighted by atomic mass is 9.96. The van der Waals surface area contributed by atoms with Crippen LogP contribution in [0.25, 0.3) is 0 Å². The molecule has 1 amide bonds. The largest absolute Gasteiger partial charge is 0.492 e. The Morgan fingerprint density at radius 2 is 2.12 bits per heavy atom. The van der Waals surface area contributed by atoms with Crippen molar-refractivity contribution in [1.82, 2.24) is 20.3 Å². The van der Waals surface area contributed by atoms with Gasteiger partial charge < -0.3 is 15.2 Å². The van der Waals surface area contributed by atoms with Crippen molar-refractivity contribution in [3.8, 4) is 5.75 Å². The number of fused-ring (bicyclic) bond motifs is 1. The molecule has 0 bridgehead atoms. The summed E-state index contributed by atoms with van der Waals surface area (Å²) in [7, 11) is 0. The van der Waals surface area contributed by atoms with Crippen LogP contribution in [0, 0.1) is 13.8 Å². The lowest BCUT2D eigenvalue weighted by Crippen LogP contribution is -2.29. The van der Waals surface area contributed by atoms with E-state index < -0.39 is 5.97 Å². The summed E-state index contributed by atoms with van der Waals surface area (Å²) in [4.78, 5) is 23.0. The minimum atomic E-state index is -0.999. The highest BCUT2D eigenvalue weighted by molar-refractivity contribution is 5.85. The smallest absolute Gasteiger partial charge is 0.325 e. The standard InChI is InChI=1S/C16H18N4O4/c1-9-3-12-13(8-24-14(12)4-10(9)2)16(23)17-5-11-6-20(19-18-11)7-15(21)22/h3-4,6,13H,5,7-8H2,1-2H3,(H,17,23)(H,21,22). The Morgan fingerprint density at radius 1 is 1.38 bits per heavy atom. The van der Waals surface area contributed by atoms with E-state index in [1.54, 1.807) is 0 Å². The number of carbonyl (C=O) groups excluding carboxylic acids is 1. The van der Waals surface area contributed by atoms with Crippen LogP contribution in [0.3, 0.4) is 0 Å². The van der Waals surface area contributed by atoms with Gasteiger partial charge in [-0.15, -0.1) is 5.10 Å².